The average molecular weight is 1370 g/mol. The molecule has 0 spiro atoms. The van der Waals surface area contributed by atoms with Crippen molar-refractivity contribution in [2.45, 2.75) is 53.0 Å². The number of amides is 4. The summed E-state index contributed by atoms with van der Waals surface area (Å²) in [5, 5.41) is 6.94. The lowest BCUT2D eigenvalue weighted by Crippen LogP contribution is -2.21. The van der Waals surface area contributed by atoms with E-state index >= 15 is 0 Å². The van der Waals surface area contributed by atoms with Crippen LogP contribution in [0.5, 0.6) is 0 Å². The van der Waals surface area contributed by atoms with Crippen LogP contribution in [0.4, 0.5) is 38.9 Å². The van der Waals surface area contributed by atoms with E-state index in [0.717, 1.165) is 24.3 Å². The van der Waals surface area contributed by atoms with E-state index in [-0.39, 0.29) is 57.1 Å². The van der Waals surface area contributed by atoms with Crippen LogP contribution in [0, 0.1) is 13.8 Å². The molecule has 0 radical (unpaired) electrons. The number of fused-ring (bicyclic) bond motifs is 2. The molecular weight excluding hydrogens is 1330 g/mol. The number of hydrogen-bond acceptors (Lipinski definition) is 19. The van der Waals surface area contributed by atoms with E-state index < -0.39 is 171 Å². The Labute approximate surface area is 499 Å². The standard InChI is InChI=1S/C49H40N6O25S8/c1-25-9-11-33(81(59,60)54-41-21-35(83(63,64)65)15-29-17-37(85(69,70)71)23-43(45(29)41)87(75,76)77)19-39(25)52-47(56)27-5-3-7-31(13-27)50-49(58)51-32-8-4-6-28(14-32)48(57)53-40-20-34(12-10-26(40)2)82(61,62)55-42-22-36(84(66,67)68)16-30-18-38(86(72,73)74)24-44(46(30)42)88(78,79)80/h3-24,54-55H,1-2H3,(H,52,56)(H,53,57)(H2,50,51,58)(H,63,64,65)(H,66,67,68)(H,69,70,71)(H,72,73,74)(H,75,76,77)(H,78,79,80). The van der Waals surface area contributed by atoms with Gasteiger partial charge < -0.3 is 21.3 Å². The monoisotopic (exact) mass is 1370 g/mol. The molecule has 0 aliphatic rings. The van der Waals surface area contributed by atoms with Crippen LogP contribution in [-0.2, 0) is 80.8 Å². The molecule has 12 N–H and O–H groups in total. The molecule has 0 unspecified atom stereocenters. The molecule has 31 nitrogen and oxygen atoms in total. The number of urea groups is 1. The van der Waals surface area contributed by atoms with Gasteiger partial charge in [0.2, 0.25) is 0 Å². The number of carbonyl (C=O) groups is 3. The fourth-order valence-corrected chi connectivity index (χ4v) is 14.4. The van der Waals surface area contributed by atoms with Gasteiger partial charge in [-0.3, -0.25) is 46.3 Å². The van der Waals surface area contributed by atoms with Gasteiger partial charge in [0, 0.05) is 44.6 Å². The topological polar surface area (TPSA) is 518 Å². The van der Waals surface area contributed by atoms with Crippen molar-refractivity contribution in [1.29, 1.82) is 0 Å². The van der Waals surface area contributed by atoms with Crippen LogP contribution < -0.4 is 30.7 Å². The van der Waals surface area contributed by atoms with Gasteiger partial charge >= 0.3 is 6.03 Å². The van der Waals surface area contributed by atoms with Gasteiger partial charge in [-0.1, -0.05) is 24.3 Å². The molecule has 0 fully saturated rings. The van der Waals surface area contributed by atoms with Crippen molar-refractivity contribution in [3.63, 3.8) is 0 Å². The SMILES string of the molecule is Cc1ccc(S(=O)(=O)Nc2cc(S(=O)(=O)O)cc3cc(S(=O)(=O)O)cc(S(=O)(=O)O)c23)cc1NC(=O)c1cccc(NC(=O)Nc2cccc(C(=O)Nc3cc(S(=O)(=O)Nc4cc(S(=O)(=O)O)cc5cc(S(=O)(=O)O)cc(S(=O)(=O)O)c45)ccc3C)c2)c1. The second-order valence-corrected chi connectivity index (χ2v) is 30.5. The summed E-state index contributed by atoms with van der Waals surface area (Å²) < 4.78 is 265. The Kier molecular flexibility index (Phi) is 17.2. The molecule has 0 aliphatic heterocycles. The molecule has 0 aromatic heterocycles. The van der Waals surface area contributed by atoms with Crippen molar-refractivity contribution in [2.75, 3.05) is 30.7 Å². The third-order valence-corrected chi connectivity index (χ3v) is 20.3. The van der Waals surface area contributed by atoms with Crippen molar-refractivity contribution in [3.05, 3.63) is 156 Å². The molecule has 88 heavy (non-hydrogen) atoms. The van der Waals surface area contributed by atoms with Crippen LogP contribution in [0.1, 0.15) is 31.8 Å². The molecule has 4 amide bonds. The number of sulfonamides is 2. The average Bonchev–Trinajstić information content (AvgIpc) is 2.31. The van der Waals surface area contributed by atoms with Gasteiger partial charge in [0.05, 0.1) is 40.7 Å². The van der Waals surface area contributed by atoms with Crippen molar-refractivity contribution in [2.24, 2.45) is 0 Å². The van der Waals surface area contributed by atoms with Crippen LogP contribution in [0.2, 0.25) is 0 Å². The number of nitrogens with one attached hydrogen (secondary N) is 6. The maximum Gasteiger partial charge on any atom is 0.323 e. The van der Waals surface area contributed by atoms with Gasteiger partial charge in [0.1, 0.15) is 9.79 Å². The predicted molar refractivity (Wildman–Crippen MR) is 312 cm³/mol. The Morgan fingerprint density at radius 2 is 0.636 bits per heavy atom. The van der Waals surface area contributed by atoms with Crippen LogP contribution in [-0.4, -0.2) is 113 Å². The quantitative estimate of drug-likeness (QED) is 0.0449. The third kappa shape index (κ3) is 14.7. The molecular formula is C49H40N6O25S8. The van der Waals surface area contributed by atoms with Crippen molar-refractivity contribution >= 4 is 154 Å². The molecule has 0 aliphatic carbocycles. The summed E-state index contributed by atoms with van der Waals surface area (Å²) in [6.07, 6.45) is 0. The Bertz CT molecular complexity index is 5000. The maximum absolute atomic E-state index is 13.9. The minimum Gasteiger partial charge on any atom is -0.322 e. The van der Waals surface area contributed by atoms with Gasteiger partial charge in [0.25, 0.3) is 92.6 Å². The van der Waals surface area contributed by atoms with E-state index in [9.17, 15) is 109 Å². The number of rotatable bonds is 18. The minimum atomic E-state index is -5.48. The van der Waals surface area contributed by atoms with E-state index in [1.165, 1.54) is 74.5 Å². The third-order valence-electron chi connectivity index (χ3n) is 12.5. The zero-order valence-electron chi connectivity index (χ0n) is 43.9. The number of benzene rings is 8. The van der Waals surface area contributed by atoms with Crippen molar-refractivity contribution < 1.29 is 109 Å². The van der Waals surface area contributed by atoms with Gasteiger partial charge in [-0.05, 0) is 145 Å². The summed E-state index contributed by atoms with van der Waals surface area (Å²) >= 11 is 0. The first-order valence-corrected chi connectivity index (χ1v) is 35.3. The molecule has 8 aromatic carbocycles. The summed E-state index contributed by atoms with van der Waals surface area (Å²) in [5.74, 6) is -1.76. The van der Waals surface area contributed by atoms with Crippen LogP contribution in [0.25, 0.3) is 21.5 Å². The lowest BCUT2D eigenvalue weighted by Gasteiger charge is -2.16. The maximum atomic E-state index is 13.9. The number of anilines is 6. The first-order valence-electron chi connectivity index (χ1n) is 23.7. The van der Waals surface area contributed by atoms with E-state index in [4.69, 9.17) is 0 Å². The molecule has 464 valence electrons. The Balaban J connectivity index is 0.973. The van der Waals surface area contributed by atoms with Gasteiger partial charge in [-0.25, -0.2) is 21.6 Å². The summed E-state index contributed by atoms with van der Waals surface area (Å²) in [5.41, 5.74) is -1.86. The van der Waals surface area contributed by atoms with Crippen LogP contribution in [0.15, 0.2) is 173 Å². The summed E-state index contributed by atoms with van der Waals surface area (Å²) in [6, 6.07) is 19.4. The summed E-state index contributed by atoms with van der Waals surface area (Å²) in [4.78, 5) is 32.1. The zero-order valence-corrected chi connectivity index (χ0v) is 50.4. The highest BCUT2D eigenvalue weighted by Gasteiger charge is 2.30. The zero-order chi connectivity index (χ0) is 65.2. The van der Waals surface area contributed by atoms with E-state index in [0.29, 0.717) is 36.4 Å². The fraction of sp³-hybridized carbons (Fsp3) is 0.0408. The first kappa shape index (κ1) is 65.4. The van der Waals surface area contributed by atoms with Crippen molar-refractivity contribution in [1.82, 2.24) is 0 Å². The molecule has 0 heterocycles. The first-order chi connectivity index (χ1) is 40.4. The molecule has 8 aromatic rings. The lowest BCUT2D eigenvalue weighted by molar-refractivity contribution is 0.101. The van der Waals surface area contributed by atoms with Gasteiger partial charge in [-0.15, -0.1) is 0 Å². The fourth-order valence-electron chi connectivity index (χ4n) is 8.38. The molecule has 0 saturated carbocycles. The molecule has 39 heteroatoms. The number of hydrogen-bond donors (Lipinski definition) is 12. The molecule has 0 saturated heterocycles. The summed E-state index contributed by atoms with van der Waals surface area (Å²) in [7, 11) is -41.9. The van der Waals surface area contributed by atoms with E-state index in [2.05, 4.69) is 21.3 Å². The number of aryl methyl sites for hydroxylation is 2. The van der Waals surface area contributed by atoms with Crippen LogP contribution >= 0.6 is 0 Å². The normalized spacial score (nSPS) is 12.7. The largest absolute Gasteiger partial charge is 0.323 e. The highest BCUT2D eigenvalue weighted by Crippen LogP contribution is 2.39. The van der Waals surface area contributed by atoms with Crippen LogP contribution in [0.3, 0.4) is 0 Å². The Hall–Kier alpha value is -8.55. The second-order valence-electron chi connectivity index (χ2n) is 18.6. The van der Waals surface area contributed by atoms with E-state index in [1.807, 2.05) is 9.44 Å². The highest BCUT2D eigenvalue weighted by atomic mass is 32.2. The number of carbonyl (C=O) groups excluding carboxylic acids is 3. The smallest absolute Gasteiger partial charge is 0.322 e. The van der Waals surface area contributed by atoms with Gasteiger partial charge in [-0.2, -0.15) is 50.5 Å². The molecule has 8 rings (SSSR count). The summed E-state index contributed by atoms with van der Waals surface area (Å²) in [6.45, 7) is 2.91. The minimum absolute atomic E-state index is 0.00731. The van der Waals surface area contributed by atoms with Crippen molar-refractivity contribution in [3.8, 4) is 0 Å². The Morgan fingerprint density at radius 3 is 0.943 bits per heavy atom. The Morgan fingerprint density at radius 1 is 0.330 bits per heavy atom. The molecule has 0 bridgehead atoms. The lowest BCUT2D eigenvalue weighted by atomic mass is 10.1. The van der Waals surface area contributed by atoms with Gasteiger partial charge in [0.15, 0.2) is 0 Å². The van der Waals surface area contributed by atoms with E-state index in [1.54, 1.807) is 0 Å². The highest BCUT2D eigenvalue weighted by molar-refractivity contribution is 7.93. The second kappa shape index (κ2) is 23.2. The molecule has 0 atom stereocenters. The predicted octanol–water partition coefficient (Wildman–Crippen LogP) is 5.84.